The topological polar surface area (TPSA) is 98.5 Å². The van der Waals surface area contributed by atoms with Gasteiger partial charge in [-0.15, -0.1) is 0 Å². The number of nitrogens with two attached hydrogens (primary N) is 1. The van der Waals surface area contributed by atoms with Crippen molar-refractivity contribution in [1.29, 1.82) is 0 Å². The van der Waals surface area contributed by atoms with Crippen LogP contribution in [0.2, 0.25) is 0 Å². The first-order chi connectivity index (χ1) is 10.8. The van der Waals surface area contributed by atoms with E-state index < -0.39 is 35.6 Å². The Hall–Kier alpha value is -2.44. The molecule has 0 spiro atoms. The van der Waals surface area contributed by atoms with Gasteiger partial charge in [-0.25, -0.2) is 4.39 Å². The molecule has 2 amide bonds. The lowest BCUT2D eigenvalue weighted by Gasteiger charge is -2.18. The van der Waals surface area contributed by atoms with Crippen molar-refractivity contribution in [1.82, 2.24) is 5.32 Å². The zero-order chi connectivity index (χ0) is 17.4. The van der Waals surface area contributed by atoms with Crippen LogP contribution in [0.4, 0.5) is 4.39 Å². The Morgan fingerprint density at radius 3 is 2.39 bits per heavy atom. The van der Waals surface area contributed by atoms with Crippen molar-refractivity contribution in [2.45, 2.75) is 32.7 Å². The molecular weight excluding hydrogens is 303 g/mol. The smallest absolute Gasteiger partial charge is 0.308 e. The largest absolute Gasteiger partial charge is 0.466 e. The van der Waals surface area contributed by atoms with Gasteiger partial charge in [-0.05, 0) is 31.0 Å². The fourth-order valence-corrected chi connectivity index (χ4v) is 2.01. The van der Waals surface area contributed by atoms with Crippen molar-refractivity contribution in [3.63, 3.8) is 0 Å². The summed E-state index contributed by atoms with van der Waals surface area (Å²) in [6, 6.07) is 4.49. The van der Waals surface area contributed by atoms with Crippen LogP contribution in [0.1, 0.15) is 25.8 Å². The number of carbonyl (C=O) groups excluding carboxylic acids is 3. The van der Waals surface area contributed by atoms with Crippen molar-refractivity contribution < 1.29 is 23.5 Å². The summed E-state index contributed by atoms with van der Waals surface area (Å²) in [5, 5.41) is 2.49. The maximum absolute atomic E-state index is 12.8. The molecule has 1 rings (SSSR count). The van der Waals surface area contributed by atoms with E-state index in [9.17, 15) is 18.8 Å². The molecule has 2 atom stereocenters. The molecule has 6 nitrogen and oxygen atoms in total. The van der Waals surface area contributed by atoms with E-state index in [1.54, 1.807) is 13.8 Å². The van der Waals surface area contributed by atoms with Gasteiger partial charge in [0.2, 0.25) is 11.8 Å². The van der Waals surface area contributed by atoms with Crippen molar-refractivity contribution in [3.05, 3.63) is 35.6 Å². The molecular formula is C16H21FN2O4. The molecule has 0 fully saturated rings. The minimum absolute atomic E-state index is 0.0160. The number of nitrogens with one attached hydrogen (secondary N) is 1. The molecule has 7 heteroatoms. The van der Waals surface area contributed by atoms with E-state index in [1.807, 2.05) is 0 Å². The van der Waals surface area contributed by atoms with Gasteiger partial charge in [0.15, 0.2) is 0 Å². The van der Waals surface area contributed by atoms with Gasteiger partial charge in [0.1, 0.15) is 11.9 Å². The highest BCUT2D eigenvalue weighted by Gasteiger charge is 2.25. The van der Waals surface area contributed by atoms with Crippen molar-refractivity contribution in [3.8, 4) is 0 Å². The summed E-state index contributed by atoms with van der Waals surface area (Å²) in [5.74, 6) is -2.58. The van der Waals surface area contributed by atoms with Crippen LogP contribution in [0.15, 0.2) is 24.3 Å². The number of primary amides is 1. The number of ether oxygens (including phenoxy) is 1. The van der Waals surface area contributed by atoms with Gasteiger partial charge in [-0.2, -0.15) is 0 Å². The summed E-state index contributed by atoms with van der Waals surface area (Å²) in [6.07, 6.45) is 0.0428. The number of carbonyl (C=O) groups is 3. The number of halogens is 1. The fourth-order valence-electron chi connectivity index (χ4n) is 2.01. The second-order valence-corrected chi connectivity index (χ2v) is 5.21. The summed E-state index contributed by atoms with van der Waals surface area (Å²) in [4.78, 5) is 35.0. The van der Waals surface area contributed by atoms with Gasteiger partial charge < -0.3 is 15.8 Å². The van der Waals surface area contributed by atoms with E-state index in [4.69, 9.17) is 10.5 Å². The highest BCUT2D eigenvalue weighted by Crippen LogP contribution is 2.09. The Kier molecular flexibility index (Phi) is 7.18. The van der Waals surface area contributed by atoms with Crippen molar-refractivity contribution >= 4 is 17.8 Å². The molecule has 0 saturated heterocycles. The number of rotatable bonds is 8. The predicted molar refractivity (Wildman–Crippen MR) is 81.6 cm³/mol. The number of esters is 1. The Labute approximate surface area is 134 Å². The lowest BCUT2D eigenvalue weighted by atomic mass is 10.0. The molecule has 0 aliphatic carbocycles. The monoisotopic (exact) mass is 324 g/mol. The molecule has 0 saturated carbocycles. The van der Waals surface area contributed by atoms with E-state index in [0.29, 0.717) is 5.56 Å². The Morgan fingerprint density at radius 1 is 1.26 bits per heavy atom. The number of hydrogen-bond donors (Lipinski definition) is 2. The first kappa shape index (κ1) is 18.6. The van der Waals surface area contributed by atoms with E-state index >= 15 is 0 Å². The molecule has 0 aliphatic rings. The van der Waals surface area contributed by atoms with E-state index in [-0.39, 0.29) is 19.4 Å². The van der Waals surface area contributed by atoms with Crippen LogP contribution in [0.3, 0.4) is 0 Å². The van der Waals surface area contributed by atoms with Crippen molar-refractivity contribution in [2.24, 2.45) is 11.7 Å². The SMILES string of the molecule is CCOC(=O)[C@H](C)C[C@H](NC(=O)Cc1ccc(F)cc1)C(N)=O. The standard InChI is InChI=1S/C16H21FN2O4/c1-3-23-16(22)10(2)8-13(15(18)21)19-14(20)9-11-4-6-12(17)7-5-11/h4-7,10,13H,3,8-9H2,1-2H3,(H2,18,21)(H,19,20)/t10-,13+/m1/s1. The Bertz CT molecular complexity index is 560. The average molecular weight is 324 g/mol. The quantitative estimate of drug-likeness (QED) is 0.695. The molecule has 1 aromatic carbocycles. The fraction of sp³-hybridized carbons (Fsp3) is 0.438. The minimum Gasteiger partial charge on any atom is -0.466 e. The number of benzene rings is 1. The van der Waals surface area contributed by atoms with Gasteiger partial charge in [0, 0.05) is 0 Å². The Balaban J connectivity index is 2.61. The third-order valence-corrected chi connectivity index (χ3v) is 3.23. The average Bonchev–Trinajstić information content (AvgIpc) is 2.49. The molecule has 0 bridgehead atoms. The molecule has 126 valence electrons. The molecule has 0 radical (unpaired) electrons. The predicted octanol–water partition coefficient (Wildman–Crippen LogP) is 0.928. The van der Waals surface area contributed by atoms with Crippen molar-refractivity contribution in [2.75, 3.05) is 6.61 Å². The first-order valence-corrected chi connectivity index (χ1v) is 7.33. The second-order valence-electron chi connectivity index (χ2n) is 5.21. The van der Waals surface area contributed by atoms with Crippen LogP contribution >= 0.6 is 0 Å². The Morgan fingerprint density at radius 2 is 1.87 bits per heavy atom. The normalized spacial score (nSPS) is 13.0. The summed E-state index contributed by atoms with van der Waals surface area (Å²) in [5.41, 5.74) is 5.87. The van der Waals surface area contributed by atoms with Crippen LogP contribution in [0.5, 0.6) is 0 Å². The number of hydrogen-bond acceptors (Lipinski definition) is 4. The zero-order valence-corrected chi connectivity index (χ0v) is 13.2. The minimum atomic E-state index is -0.970. The third kappa shape index (κ3) is 6.46. The van der Waals surface area contributed by atoms with Gasteiger partial charge in [0.05, 0.1) is 18.9 Å². The summed E-state index contributed by atoms with van der Waals surface area (Å²) >= 11 is 0. The highest BCUT2D eigenvalue weighted by atomic mass is 19.1. The molecule has 3 N–H and O–H groups in total. The van der Waals surface area contributed by atoms with E-state index in [1.165, 1.54) is 24.3 Å². The molecule has 0 aromatic heterocycles. The zero-order valence-electron chi connectivity index (χ0n) is 13.2. The third-order valence-electron chi connectivity index (χ3n) is 3.23. The van der Waals surface area contributed by atoms with Crippen LogP contribution in [0, 0.1) is 11.7 Å². The van der Waals surface area contributed by atoms with E-state index in [0.717, 1.165) is 0 Å². The number of amides is 2. The van der Waals surface area contributed by atoms with Gasteiger partial charge >= 0.3 is 5.97 Å². The lowest BCUT2D eigenvalue weighted by molar-refractivity contribution is -0.148. The van der Waals surface area contributed by atoms with Crippen LogP contribution in [-0.4, -0.2) is 30.4 Å². The summed E-state index contributed by atoms with van der Waals surface area (Å²) in [6.45, 7) is 3.52. The maximum Gasteiger partial charge on any atom is 0.308 e. The van der Waals surface area contributed by atoms with Crippen LogP contribution in [-0.2, 0) is 25.5 Å². The first-order valence-electron chi connectivity index (χ1n) is 7.33. The van der Waals surface area contributed by atoms with Gasteiger partial charge in [0.25, 0.3) is 0 Å². The van der Waals surface area contributed by atoms with Gasteiger partial charge in [-0.3, -0.25) is 14.4 Å². The molecule has 1 aromatic rings. The lowest BCUT2D eigenvalue weighted by Crippen LogP contribution is -2.46. The highest BCUT2D eigenvalue weighted by molar-refractivity contribution is 5.88. The second kappa shape index (κ2) is 8.87. The van der Waals surface area contributed by atoms with Crippen LogP contribution < -0.4 is 11.1 Å². The molecule has 0 heterocycles. The van der Waals surface area contributed by atoms with Crippen LogP contribution in [0.25, 0.3) is 0 Å². The molecule has 0 aliphatic heterocycles. The molecule has 23 heavy (non-hydrogen) atoms. The molecule has 0 unspecified atom stereocenters. The van der Waals surface area contributed by atoms with Gasteiger partial charge in [-0.1, -0.05) is 19.1 Å². The maximum atomic E-state index is 12.8. The summed E-state index contributed by atoms with van der Waals surface area (Å²) < 4.78 is 17.7. The summed E-state index contributed by atoms with van der Waals surface area (Å²) in [7, 11) is 0. The van der Waals surface area contributed by atoms with E-state index in [2.05, 4.69) is 5.32 Å².